The quantitative estimate of drug-likeness (QED) is 0.673. The van der Waals surface area contributed by atoms with E-state index in [4.69, 9.17) is 5.11 Å². The van der Waals surface area contributed by atoms with E-state index in [0.29, 0.717) is 19.5 Å². The fourth-order valence-corrected chi connectivity index (χ4v) is 2.36. The molecule has 0 aliphatic heterocycles. The first-order valence-electron chi connectivity index (χ1n) is 5.94. The Labute approximate surface area is 104 Å². The predicted octanol–water partition coefficient (Wildman–Crippen LogP) is 0.996. The molecule has 0 aliphatic rings. The molecular weight excluding hydrogens is 242 g/mol. The molecular formula is C11H23NO4S. The first kappa shape index (κ1) is 16.4. The van der Waals surface area contributed by atoms with Crippen molar-refractivity contribution in [3.05, 3.63) is 0 Å². The lowest BCUT2D eigenvalue weighted by atomic mass is 10.2. The lowest BCUT2D eigenvalue weighted by Gasteiger charge is -2.25. The Hall–Kier alpha value is -0.620. The maximum absolute atomic E-state index is 11.3. The van der Waals surface area contributed by atoms with E-state index in [1.807, 2.05) is 18.7 Å². The molecule has 0 saturated heterocycles. The van der Waals surface area contributed by atoms with Crippen molar-refractivity contribution >= 4 is 15.8 Å². The van der Waals surface area contributed by atoms with Gasteiger partial charge in [-0.05, 0) is 26.8 Å². The van der Waals surface area contributed by atoms with Gasteiger partial charge in [0, 0.05) is 18.3 Å². The second-order valence-corrected chi connectivity index (χ2v) is 6.84. The summed E-state index contributed by atoms with van der Waals surface area (Å²) in [4.78, 5) is 12.5. The third-order valence-electron chi connectivity index (χ3n) is 2.68. The van der Waals surface area contributed by atoms with Gasteiger partial charge in [-0.2, -0.15) is 0 Å². The Bertz CT molecular complexity index is 324. The number of hydrogen-bond acceptors (Lipinski definition) is 4. The predicted molar refractivity (Wildman–Crippen MR) is 67.9 cm³/mol. The molecule has 1 N–H and O–H groups in total. The average molecular weight is 265 g/mol. The molecule has 0 bridgehead atoms. The van der Waals surface area contributed by atoms with Crippen LogP contribution in [0.5, 0.6) is 0 Å². The topological polar surface area (TPSA) is 74.7 Å². The summed E-state index contributed by atoms with van der Waals surface area (Å²) in [6.45, 7) is 6.70. The molecule has 0 atom stereocenters. The Morgan fingerprint density at radius 1 is 1.29 bits per heavy atom. The van der Waals surface area contributed by atoms with Crippen LogP contribution in [-0.4, -0.2) is 55.0 Å². The number of sulfone groups is 1. The smallest absolute Gasteiger partial charge is 0.304 e. The third kappa shape index (κ3) is 8.15. The minimum absolute atomic E-state index is 0.0959. The van der Waals surface area contributed by atoms with Crippen LogP contribution in [0.3, 0.4) is 0 Å². The Morgan fingerprint density at radius 2 is 1.88 bits per heavy atom. The summed E-state index contributed by atoms with van der Waals surface area (Å²) < 4.78 is 22.6. The van der Waals surface area contributed by atoms with Crippen molar-refractivity contribution in [2.75, 3.05) is 24.6 Å². The molecule has 0 heterocycles. The SMILES string of the molecule is CCS(=O)(=O)CCCN(CCC(=O)O)C(C)C. The van der Waals surface area contributed by atoms with Gasteiger partial charge in [0.25, 0.3) is 0 Å². The third-order valence-corrected chi connectivity index (χ3v) is 4.47. The number of rotatable bonds is 9. The van der Waals surface area contributed by atoms with E-state index < -0.39 is 15.8 Å². The highest BCUT2D eigenvalue weighted by Gasteiger charge is 2.13. The van der Waals surface area contributed by atoms with Crippen molar-refractivity contribution < 1.29 is 18.3 Å². The monoisotopic (exact) mass is 265 g/mol. The molecule has 0 fully saturated rings. The first-order chi connectivity index (χ1) is 7.78. The average Bonchev–Trinajstić information content (AvgIpc) is 2.22. The summed E-state index contributed by atoms with van der Waals surface area (Å²) in [7, 11) is -2.92. The van der Waals surface area contributed by atoms with Gasteiger partial charge in [0.2, 0.25) is 0 Å². The van der Waals surface area contributed by atoms with Gasteiger partial charge in [0.1, 0.15) is 9.84 Å². The summed E-state index contributed by atoms with van der Waals surface area (Å²) in [5, 5.41) is 8.61. The molecule has 0 aromatic carbocycles. The molecule has 102 valence electrons. The maximum Gasteiger partial charge on any atom is 0.304 e. The molecule has 5 nitrogen and oxygen atoms in total. The van der Waals surface area contributed by atoms with Gasteiger partial charge in [0.15, 0.2) is 0 Å². The van der Waals surface area contributed by atoms with Gasteiger partial charge in [-0.25, -0.2) is 8.42 Å². The molecule has 0 radical (unpaired) electrons. The van der Waals surface area contributed by atoms with E-state index in [1.54, 1.807) is 6.92 Å². The first-order valence-corrected chi connectivity index (χ1v) is 7.77. The van der Waals surface area contributed by atoms with Crippen molar-refractivity contribution in [2.45, 2.75) is 39.7 Å². The molecule has 6 heteroatoms. The van der Waals surface area contributed by atoms with Crippen LogP contribution in [0, 0.1) is 0 Å². The van der Waals surface area contributed by atoms with E-state index in [2.05, 4.69) is 0 Å². The number of nitrogens with zero attached hydrogens (tertiary/aromatic N) is 1. The normalized spacial score (nSPS) is 12.3. The van der Waals surface area contributed by atoms with Crippen LogP contribution in [0.15, 0.2) is 0 Å². The van der Waals surface area contributed by atoms with Crippen LogP contribution in [0.4, 0.5) is 0 Å². The molecule has 0 aliphatic carbocycles. The standard InChI is InChI=1S/C11H23NO4S/c1-4-17(15,16)9-5-7-12(10(2)3)8-6-11(13)14/h10H,4-9H2,1-3H3,(H,13,14). The Balaban J connectivity index is 4.06. The van der Waals surface area contributed by atoms with Crippen molar-refractivity contribution in [3.63, 3.8) is 0 Å². The van der Waals surface area contributed by atoms with Gasteiger partial charge in [-0.3, -0.25) is 4.79 Å². The minimum atomic E-state index is -2.92. The van der Waals surface area contributed by atoms with Crippen LogP contribution in [0.2, 0.25) is 0 Å². The number of hydrogen-bond donors (Lipinski definition) is 1. The van der Waals surface area contributed by atoms with Crippen LogP contribution >= 0.6 is 0 Å². The molecule has 0 rings (SSSR count). The van der Waals surface area contributed by atoms with E-state index in [0.717, 1.165) is 0 Å². The van der Waals surface area contributed by atoms with E-state index in [-0.39, 0.29) is 24.0 Å². The number of carboxylic acid groups (broad SMARTS) is 1. The molecule has 0 saturated carbocycles. The maximum atomic E-state index is 11.3. The van der Waals surface area contributed by atoms with Crippen molar-refractivity contribution in [3.8, 4) is 0 Å². The summed E-state index contributed by atoms with van der Waals surface area (Å²) in [6.07, 6.45) is 0.659. The van der Waals surface area contributed by atoms with Crippen molar-refractivity contribution in [1.82, 2.24) is 4.90 Å². The molecule has 0 amide bonds. The minimum Gasteiger partial charge on any atom is -0.481 e. The zero-order valence-corrected chi connectivity index (χ0v) is 11.7. The fraction of sp³-hybridized carbons (Fsp3) is 0.909. The van der Waals surface area contributed by atoms with Crippen LogP contribution in [0.1, 0.15) is 33.6 Å². The van der Waals surface area contributed by atoms with Crippen molar-refractivity contribution in [2.24, 2.45) is 0 Å². The molecule has 0 aromatic heterocycles. The van der Waals surface area contributed by atoms with Gasteiger partial charge in [-0.1, -0.05) is 6.92 Å². The lowest BCUT2D eigenvalue weighted by molar-refractivity contribution is -0.137. The molecule has 0 aromatic rings. The summed E-state index contributed by atoms with van der Waals surface area (Å²) in [5.74, 6) is -0.472. The Morgan fingerprint density at radius 3 is 2.29 bits per heavy atom. The molecule has 0 spiro atoms. The van der Waals surface area contributed by atoms with Crippen LogP contribution < -0.4 is 0 Å². The second-order valence-electron chi connectivity index (χ2n) is 4.36. The van der Waals surface area contributed by atoms with Crippen molar-refractivity contribution in [1.29, 1.82) is 0 Å². The zero-order chi connectivity index (χ0) is 13.5. The summed E-state index contributed by atoms with van der Waals surface area (Å²) in [6, 6.07) is 0.235. The van der Waals surface area contributed by atoms with Crippen LogP contribution in [-0.2, 0) is 14.6 Å². The summed E-state index contributed by atoms with van der Waals surface area (Å²) >= 11 is 0. The van der Waals surface area contributed by atoms with Gasteiger partial charge in [-0.15, -0.1) is 0 Å². The second kappa shape index (κ2) is 7.66. The fourth-order valence-electron chi connectivity index (χ4n) is 1.50. The van der Waals surface area contributed by atoms with E-state index >= 15 is 0 Å². The number of aliphatic carboxylic acids is 1. The largest absolute Gasteiger partial charge is 0.481 e. The molecule has 0 unspecified atom stereocenters. The molecule has 17 heavy (non-hydrogen) atoms. The van der Waals surface area contributed by atoms with Gasteiger partial charge >= 0.3 is 5.97 Å². The highest BCUT2D eigenvalue weighted by molar-refractivity contribution is 7.91. The number of carbonyl (C=O) groups is 1. The van der Waals surface area contributed by atoms with Gasteiger partial charge < -0.3 is 10.0 Å². The van der Waals surface area contributed by atoms with E-state index in [9.17, 15) is 13.2 Å². The highest BCUT2D eigenvalue weighted by Crippen LogP contribution is 2.03. The lowest BCUT2D eigenvalue weighted by Crippen LogP contribution is -2.34. The summed E-state index contributed by atoms with van der Waals surface area (Å²) in [5.41, 5.74) is 0. The highest BCUT2D eigenvalue weighted by atomic mass is 32.2. The number of carboxylic acids is 1. The van der Waals surface area contributed by atoms with Crippen LogP contribution in [0.25, 0.3) is 0 Å². The zero-order valence-electron chi connectivity index (χ0n) is 10.8. The van der Waals surface area contributed by atoms with Gasteiger partial charge in [0.05, 0.1) is 12.2 Å². The van der Waals surface area contributed by atoms with E-state index in [1.165, 1.54) is 0 Å². The Kier molecular flexibility index (Phi) is 7.38.